The van der Waals surface area contributed by atoms with Gasteiger partial charge < -0.3 is 20.1 Å². The Labute approximate surface area is 177 Å². The molecule has 30 heavy (non-hydrogen) atoms. The number of hydrogen-bond acceptors (Lipinski definition) is 4. The molecule has 0 spiro atoms. The highest BCUT2D eigenvalue weighted by Gasteiger charge is 2.44. The SMILES string of the molecule is CCC1(c2ccccc2)COc2c(C(=O)NC)cc(C(=O)N[C@@H]3C[C@H]3COC)cc21. The van der Waals surface area contributed by atoms with Crippen LogP contribution in [-0.2, 0) is 10.2 Å². The second-order valence-corrected chi connectivity index (χ2v) is 8.10. The van der Waals surface area contributed by atoms with Crippen molar-refractivity contribution in [3.8, 4) is 5.75 Å². The van der Waals surface area contributed by atoms with Gasteiger partial charge in [0, 0.05) is 37.2 Å². The maximum Gasteiger partial charge on any atom is 0.254 e. The third-order valence-electron chi connectivity index (χ3n) is 6.35. The Hall–Kier alpha value is -2.86. The van der Waals surface area contributed by atoms with E-state index in [0.29, 0.717) is 36.0 Å². The highest BCUT2D eigenvalue weighted by Crippen LogP contribution is 2.48. The van der Waals surface area contributed by atoms with E-state index >= 15 is 0 Å². The van der Waals surface area contributed by atoms with Gasteiger partial charge in [-0.3, -0.25) is 9.59 Å². The zero-order valence-corrected chi connectivity index (χ0v) is 17.7. The third kappa shape index (κ3) is 3.45. The summed E-state index contributed by atoms with van der Waals surface area (Å²) in [5.41, 5.74) is 2.50. The fourth-order valence-electron chi connectivity index (χ4n) is 4.41. The number of hydrogen-bond donors (Lipinski definition) is 2. The van der Waals surface area contributed by atoms with Crippen molar-refractivity contribution in [2.24, 2.45) is 5.92 Å². The van der Waals surface area contributed by atoms with Crippen molar-refractivity contribution in [2.45, 2.75) is 31.2 Å². The molecule has 6 nitrogen and oxygen atoms in total. The van der Waals surface area contributed by atoms with Gasteiger partial charge in [-0.25, -0.2) is 0 Å². The van der Waals surface area contributed by atoms with E-state index in [1.54, 1.807) is 20.2 Å². The van der Waals surface area contributed by atoms with Gasteiger partial charge >= 0.3 is 0 Å². The Morgan fingerprint density at radius 1 is 1.20 bits per heavy atom. The molecule has 0 bridgehead atoms. The summed E-state index contributed by atoms with van der Waals surface area (Å²) in [6, 6.07) is 13.8. The van der Waals surface area contributed by atoms with Crippen molar-refractivity contribution in [1.29, 1.82) is 0 Å². The Morgan fingerprint density at radius 3 is 2.63 bits per heavy atom. The summed E-state index contributed by atoms with van der Waals surface area (Å²) in [6.45, 7) is 3.19. The summed E-state index contributed by atoms with van der Waals surface area (Å²) in [4.78, 5) is 25.6. The zero-order valence-electron chi connectivity index (χ0n) is 17.7. The van der Waals surface area contributed by atoms with Crippen LogP contribution in [0.25, 0.3) is 0 Å². The molecule has 0 aromatic heterocycles. The quantitative estimate of drug-likeness (QED) is 0.739. The largest absolute Gasteiger partial charge is 0.491 e. The highest BCUT2D eigenvalue weighted by atomic mass is 16.5. The second-order valence-electron chi connectivity index (χ2n) is 8.10. The van der Waals surface area contributed by atoms with Crippen molar-refractivity contribution in [1.82, 2.24) is 10.6 Å². The maximum absolute atomic E-state index is 13.0. The van der Waals surface area contributed by atoms with Crippen LogP contribution >= 0.6 is 0 Å². The van der Waals surface area contributed by atoms with Gasteiger partial charge in [0.25, 0.3) is 11.8 Å². The number of ether oxygens (including phenoxy) is 2. The van der Waals surface area contributed by atoms with Crippen molar-refractivity contribution in [3.63, 3.8) is 0 Å². The summed E-state index contributed by atoms with van der Waals surface area (Å²) in [7, 11) is 3.25. The molecule has 3 atom stereocenters. The Kier molecular flexibility index (Phi) is 5.52. The number of fused-ring (bicyclic) bond motifs is 1. The molecule has 2 aromatic rings. The van der Waals surface area contributed by atoms with Gasteiger partial charge in [-0.1, -0.05) is 37.3 Å². The Balaban J connectivity index is 1.75. The van der Waals surface area contributed by atoms with Gasteiger partial charge in [-0.15, -0.1) is 0 Å². The molecule has 1 saturated carbocycles. The molecule has 2 N–H and O–H groups in total. The molecule has 1 fully saturated rings. The molecule has 1 aliphatic carbocycles. The molecule has 1 unspecified atom stereocenters. The normalized spacial score (nSPS) is 24.0. The summed E-state index contributed by atoms with van der Waals surface area (Å²) in [6.07, 6.45) is 1.71. The number of nitrogens with one attached hydrogen (secondary N) is 2. The maximum atomic E-state index is 13.0. The average molecular weight is 408 g/mol. The van der Waals surface area contributed by atoms with Crippen LogP contribution in [0.5, 0.6) is 5.75 Å². The van der Waals surface area contributed by atoms with E-state index in [-0.39, 0.29) is 17.9 Å². The van der Waals surface area contributed by atoms with Gasteiger partial charge in [0.15, 0.2) is 0 Å². The Morgan fingerprint density at radius 2 is 1.97 bits per heavy atom. The molecule has 2 aromatic carbocycles. The van der Waals surface area contributed by atoms with Gasteiger partial charge in [0.05, 0.1) is 17.6 Å². The van der Waals surface area contributed by atoms with Crippen LogP contribution < -0.4 is 15.4 Å². The van der Waals surface area contributed by atoms with Crippen LogP contribution in [-0.4, -0.2) is 45.2 Å². The summed E-state index contributed by atoms with van der Waals surface area (Å²) < 4.78 is 11.3. The van der Waals surface area contributed by atoms with E-state index in [1.807, 2.05) is 24.3 Å². The lowest BCUT2D eigenvalue weighted by Gasteiger charge is -2.27. The predicted molar refractivity (Wildman–Crippen MR) is 114 cm³/mol. The number of benzene rings is 2. The summed E-state index contributed by atoms with van der Waals surface area (Å²) >= 11 is 0. The van der Waals surface area contributed by atoms with Crippen molar-refractivity contribution in [2.75, 3.05) is 27.4 Å². The first kappa shape index (κ1) is 20.4. The molecule has 6 heteroatoms. The summed E-state index contributed by atoms with van der Waals surface area (Å²) in [5, 5.41) is 5.75. The third-order valence-corrected chi connectivity index (χ3v) is 6.35. The van der Waals surface area contributed by atoms with E-state index < -0.39 is 5.41 Å². The summed E-state index contributed by atoms with van der Waals surface area (Å²) in [5.74, 6) is 0.496. The van der Waals surface area contributed by atoms with Crippen LogP contribution in [0.1, 0.15) is 51.6 Å². The lowest BCUT2D eigenvalue weighted by molar-refractivity contribution is 0.0945. The van der Waals surface area contributed by atoms with Crippen LogP contribution in [0.3, 0.4) is 0 Å². The lowest BCUT2D eigenvalue weighted by Crippen LogP contribution is -2.30. The molecule has 1 heterocycles. The minimum Gasteiger partial charge on any atom is -0.491 e. The standard InChI is InChI=1S/C24H28N2O4/c1-4-24(17-8-6-5-7-9-17)14-30-21-18(23(28)25-2)10-15(11-19(21)24)22(27)26-20-12-16(20)13-29-3/h5-11,16,20H,4,12-14H2,1-3H3,(H,25,28)(H,26,27)/t16-,20+,24?/m0/s1. The van der Waals surface area contributed by atoms with Crippen LogP contribution in [0.2, 0.25) is 0 Å². The number of rotatable bonds is 7. The molecular formula is C24H28N2O4. The molecule has 0 saturated heterocycles. The average Bonchev–Trinajstić information content (AvgIpc) is 3.39. The van der Waals surface area contributed by atoms with E-state index in [1.165, 1.54) is 0 Å². The molecule has 2 aliphatic rings. The predicted octanol–water partition coefficient (Wildman–Crippen LogP) is 2.90. The van der Waals surface area contributed by atoms with E-state index in [9.17, 15) is 9.59 Å². The first-order valence-corrected chi connectivity index (χ1v) is 10.4. The van der Waals surface area contributed by atoms with Crippen LogP contribution in [0, 0.1) is 5.92 Å². The van der Waals surface area contributed by atoms with E-state index in [2.05, 4.69) is 29.7 Å². The lowest BCUT2D eigenvalue weighted by atomic mass is 9.73. The number of methoxy groups -OCH3 is 1. The topological polar surface area (TPSA) is 76.7 Å². The highest BCUT2D eigenvalue weighted by molar-refractivity contribution is 6.02. The van der Waals surface area contributed by atoms with Crippen molar-refractivity contribution in [3.05, 3.63) is 64.7 Å². The van der Waals surface area contributed by atoms with Gasteiger partial charge in [0.1, 0.15) is 12.4 Å². The molecular weight excluding hydrogens is 380 g/mol. The first-order chi connectivity index (χ1) is 14.5. The monoisotopic (exact) mass is 408 g/mol. The molecule has 4 rings (SSSR count). The zero-order chi connectivity index (χ0) is 21.3. The van der Waals surface area contributed by atoms with Gasteiger partial charge in [-0.05, 0) is 30.5 Å². The number of carbonyl (C=O) groups is 2. The van der Waals surface area contributed by atoms with Crippen molar-refractivity contribution >= 4 is 11.8 Å². The fourth-order valence-corrected chi connectivity index (χ4v) is 4.41. The fraction of sp³-hybridized carbons (Fsp3) is 0.417. The van der Waals surface area contributed by atoms with Crippen LogP contribution in [0.4, 0.5) is 0 Å². The minimum absolute atomic E-state index is 0.121. The van der Waals surface area contributed by atoms with E-state index in [4.69, 9.17) is 9.47 Å². The minimum atomic E-state index is -0.395. The van der Waals surface area contributed by atoms with Gasteiger partial charge in [0.2, 0.25) is 0 Å². The second kappa shape index (κ2) is 8.11. The number of carbonyl (C=O) groups excluding carboxylic acids is 2. The van der Waals surface area contributed by atoms with Crippen molar-refractivity contribution < 1.29 is 19.1 Å². The van der Waals surface area contributed by atoms with E-state index in [0.717, 1.165) is 24.0 Å². The van der Waals surface area contributed by atoms with Crippen LogP contribution in [0.15, 0.2) is 42.5 Å². The number of amides is 2. The molecule has 158 valence electrons. The Bertz CT molecular complexity index is 959. The smallest absolute Gasteiger partial charge is 0.254 e. The molecule has 1 aliphatic heterocycles. The first-order valence-electron chi connectivity index (χ1n) is 10.4. The molecule has 2 amide bonds. The molecule has 0 radical (unpaired) electrons. The van der Waals surface area contributed by atoms with Gasteiger partial charge in [-0.2, -0.15) is 0 Å².